The van der Waals surface area contributed by atoms with E-state index in [1.54, 1.807) is 67.2 Å². The number of para-hydroxylation sites is 1. The van der Waals surface area contributed by atoms with Gasteiger partial charge in [-0.1, -0.05) is 42.5 Å². The van der Waals surface area contributed by atoms with E-state index < -0.39 is 23.9 Å². The first-order chi connectivity index (χ1) is 19.1. The summed E-state index contributed by atoms with van der Waals surface area (Å²) < 4.78 is 39.2. The Morgan fingerprint density at radius 3 is 2.45 bits per heavy atom. The van der Waals surface area contributed by atoms with Crippen LogP contribution in [0.15, 0.2) is 85.2 Å². The Kier molecular flexibility index (Phi) is 6.33. The predicted octanol–water partition coefficient (Wildman–Crippen LogP) is 4.98. The van der Waals surface area contributed by atoms with Crippen LogP contribution in [0.5, 0.6) is 5.75 Å². The van der Waals surface area contributed by atoms with E-state index in [-0.39, 0.29) is 12.4 Å². The van der Waals surface area contributed by atoms with E-state index in [4.69, 9.17) is 19.6 Å². The van der Waals surface area contributed by atoms with Gasteiger partial charge in [-0.2, -0.15) is 13.9 Å². The van der Waals surface area contributed by atoms with E-state index >= 15 is 0 Å². The molecular formula is C30H26F2N4O4. The summed E-state index contributed by atoms with van der Waals surface area (Å²) in [6.45, 7) is 0.206. The molecule has 6 rings (SSSR count). The number of hydrogen-bond acceptors (Lipinski definition) is 7. The molecule has 40 heavy (non-hydrogen) atoms. The van der Waals surface area contributed by atoms with E-state index in [1.807, 2.05) is 30.3 Å². The molecule has 204 valence electrons. The van der Waals surface area contributed by atoms with Crippen molar-refractivity contribution < 1.29 is 28.5 Å². The van der Waals surface area contributed by atoms with Crippen molar-refractivity contribution >= 4 is 5.65 Å². The van der Waals surface area contributed by atoms with Gasteiger partial charge in [0.05, 0.1) is 17.9 Å². The van der Waals surface area contributed by atoms with Gasteiger partial charge in [0.2, 0.25) is 0 Å². The molecule has 0 spiro atoms. The molecule has 5 aromatic rings. The van der Waals surface area contributed by atoms with Crippen molar-refractivity contribution in [2.75, 3.05) is 6.61 Å². The Morgan fingerprint density at radius 2 is 1.75 bits per heavy atom. The third-order valence-electron chi connectivity index (χ3n) is 7.07. The number of halogens is 2. The Morgan fingerprint density at radius 1 is 1.02 bits per heavy atom. The van der Waals surface area contributed by atoms with Gasteiger partial charge in [-0.15, -0.1) is 0 Å². The van der Waals surface area contributed by atoms with E-state index in [2.05, 4.69) is 4.98 Å². The Bertz CT molecular complexity index is 1670. The predicted molar refractivity (Wildman–Crippen MR) is 142 cm³/mol. The first-order valence-electron chi connectivity index (χ1n) is 12.7. The van der Waals surface area contributed by atoms with Crippen LogP contribution in [-0.4, -0.2) is 43.0 Å². The lowest BCUT2D eigenvalue weighted by molar-refractivity contribution is -0.0726. The fraction of sp³-hybridized carbons (Fsp3) is 0.233. The van der Waals surface area contributed by atoms with Crippen LogP contribution in [0.25, 0.3) is 16.9 Å². The lowest BCUT2D eigenvalue weighted by Crippen LogP contribution is -2.40. The Balaban J connectivity index is 1.55. The number of alkyl halides is 2. The summed E-state index contributed by atoms with van der Waals surface area (Å²) in [6.07, 6.45) is 2.21. The number of aliphatic hydroxyl groups is 2. The Labute approximate surface area is 228 Å². The van der Waals surface area contributed by atoms with Gasteiger partial charge in [0.1, 0.15) is 23.2 Å². The monoisotopic (exact) mass is 544 g/mol. The molecule has 1 aliphatic heterocycles. The number of fused-ring (bicyclic) bond motifs is 3. The van der Waals surface area contributed by atoms with Crippen LogP contribution in [-0.2, 0) is 15.9 Å². The normalized spacial score (nSPS) is 19.1. The molecule has 2 atom stereocenters. The first kappa shape index (κ1) is 26.0. The minimum absolute atomic E-state index is 0.0453. The van der Waals surface area contributed by atoms with Crippen molar-refractivity contribution in [2.24, 2.45) is 0 Å². The second kappa shape index (κ2) is 9.74. The maximum absolute atomic E-state index is 13.3. The number of nitrogens with zero attached hydrogens (tertiary/aromatic N) is 4. The van der Waals surface area contributed by atoms with Crippen LogP contribution >= 0.6 is 0 Å². The quantitative estimate of drug-likeness (QED) is 0.311. The average molecular weight is 545 g/mol. The number of hydrogen-bond donors (Lipinski definition) is 2. The summed E-state index contributed by atoms with van der Waals surface area (Å²) in [6, 6.07) is 20.7. The van der Waals surface area contributed by atoms with Crippen LogP contribution in [0.2, 0.25) is 0 Å². The second-order valence-electron chi connectivity index (χ2n) is 10.2. The van der Waals surface area contributed by atoms with E-state index in [0.717, 1.165) is 11.1 Å². The molecule has 0 saturated heterocycles. The van der Waals surface area contributed by atoms with Gasteiger partial charge in [-0.05, 0) is 55.3 Å². The number of benzene rings is 2. The van der Waals surface area contributed by atoms with E-state index in [9.17, 15) is 19.0 Å². The fourth-order valence-corrected chi connectivity index (χ4v) is 5.03. The summed E-state index contributed by atoms with van der Waals surface area (Å²) in [5.74, 6) is -0.0453. The van der Waals surface area contributed by atoms with Gasteiger partial charge in [-0.25, -0.2) is 9.50 Å². The molecule has 4 heterocycles. The number of ether oxygens (including phenoxy) is 2. The van der Waals surface area contributed by atoms with Crippen molar-refractivity contribution in [3.8, 4) is 17.0 Å². The summed E-state index contributed by atoms with van der Waals surface area (Å²) >= 11 is 0. The molecule has 2 aromatic carbocycles. The van der Waals surface area contributed by atoms with Crippen LogP contribution < -0.4 is 4.74 Å². The zero-order valence-corrected chi connectivity index (χ0v) is 21.7. The fourth-order valence-electron chi connectivity index (χ4n) is 5.03. The molecule has 2 N–H and O–H groups in total. The summed E-state index contributed by atoms with van der Waals surface area (Å²) in [7, 11) is 0. The van der Waals surface area contributed by atoms with Crippen molar-refractivity contribution in [1.82, 2.24) is 19.6 Å². The number of rotatable bonds is 6. The van der Waals surface area contributed by atoms with E-state index in [0.29, 0.717) is 33.9 Å². The van der Waals surface area contributed by atoms with Crippen molar-refractivity contribution in [3.05, 3.63) is 113 Å². The third kappa shape index (κ3) is 4.49. The minimum atomic E-state index is -3.03. The average Bonchev–Trinajstić information content (AvgIpc) is 3.34. The van der Waals surface area contributed by atoms with Gasteiger partial charge < -0.3 is 19.7 Å². The molecule has 0 saturated carbocycles. The topological polar surface area (TPSA) is 102 Å². The van der Waals surface area contributed by atoms with Gasteiger partial charge in [0.15, 0.2) is 11.2 Å². The molecule has 1 aliphatic rings. The Hall–Kier alpha value is -4.25. The highest BCUT2D eigenvalue weighted by atomic mass is 19.3. The molecule has 2 unspecified atom stereocenters. The maximum atomic E-state index is 13.3. The van der Waals surface area contributed by atoms with Crippen LogP contribution in [0.3, 0.4) is 0 Å². The summed E-state index contributed by atoms with van der Waals surface area (Å²) in [5.41, 5.74) is 1.50. The van der Waals surface area contributed by atoms with Crippen LogP contribution in [0.4, 0.5) is 8.78 Å². The van der Waals surface area contributed by atoms with Crippen molar-refractivity contribution in [2.45, 2.75) is 37.8 Å². The standard InChI is InChI=1S/C30H26F2N4O4/c1-29(2,37)19-9-7-18(8-10-19)22-11-12-24-34-27-25(36(24)35-22)26(21-5-3-4-6-23(21)40-28(31)32)39-17-30(27,38)20-13-15-33-16-14-20/h3-16,26,28,37-38H,17H2,1-2H3. The molecule has 0 amide bonds. The van der Waals surface area contributed by atoms with E-state index in [1.165, 1.54) is 6.07 Å². The number of pyridine rings is 1. The minimum Gasteiger partial charge on any atom is -0.434 e. The molecule has 3 aromatic heterocycles. The number of aromatic nitrogens is 4. The van der Waals surface area contributed by atoms with Crippen LogP contribution in [0, 0.1) is 0 Å². The summed E-state index contributed by atoms with van der Waals surface area (Å²) in [5, 5.41) is 27.1. The largest absolute Gasteiger partial charge is 0.434 e. The maximum Gasteiger partial charge on any atom is 0.387 e. The molecular weight excluding hydrogens is 518 g/mol. The molecule has 0 aliphatic carbocycles. The van der Waals surface area contributed by atoms with Crippen molar-refractivity contribution in [3.63, 3.8) is 0 Å². The van der Waals surface area contributed by atoms with Gasteiger partial charge >= 0.3 is 6.61 Å². The lowest BCUT2D eigenvalue weighted by atomic mass is 9.86. The molecule has 8 nitrogen and oxygen atoms in total. The van der Waals surface area contributed by atoms with Crippen molar-refractivity contribution in [1.29, 1.82) is 0 Å². The molecule has 0 fully saturated rings. The SMILES string of the molecule is CC(C)(O)c1ccc(-c2ccc3nc4c(n3n2)C(c2ccccc2OC(F)F)OCC4(O)c2ccncc2)cc1. The zero-order valence-electron chi connectivity index (χ0n) is 21.7. The van der Waals surface area contributed by atoms with Gasteiger partial charge in [0, 0.05) is 23.5 Å². The highest BCUT2D eigenvalue weighted by molar-refractivity contribution is 5.62. The smallest absolute Gasteiger partial charge is 0.387 e. The number of imidazole rings is 1. The van der Waals surface area contributed by atoms with Crippen LogP contribution in [0.1, 0.15) is 48.0 Å². The third-order valence-corrected chi connectivity index (χ3v) is 7.07. The first-order valence-corrected chi connectivity index (χ1v) is 12.7. The zero-order chi connectivity index (χ0) is 28.1. The molecule has 0 bridgehead atoms. The van der Waals surface area contributed by atoms with Gasteiger partial charge in [0.25, 0.3) is 0 Å². The second-order valence-corrected chi connectivity index (χ2v) is 10.2. The summed E-state index contributed by atoms with van der Waals surface area (Å²) in [4.78, 5) is 8.80. The lowest BCUT2D eigenvalue weighted by Gasteiger charge is -2.36. The highest BCUT2D eigenvalue weighted by Gasteiger charge is 2.46. The molecule has 10 heteroatoms. The van der Waals surface area contributed by atoms with Gasteiger partial charge in [-0.3, -0.25) is 4.98 Å². The molecule has 0 radical (unpaired) electrons. The highest BCUT2D eigenvalue weighted by Crippen LogP contribution is 2.45.